The van der Waals surface area contributed by atoms with Crippen LogP contribution in [0.4, 0.5) is 0 Å². The molecule has 0 spiro atoms. The third-order valence-electron chi connectivity index (χ3n) is 2.03. The van der Waals surface area contributed by atoms with Crippen LogP contribution in [-0.4, -0.2) is 0 Å². The number of aryl methyl sites for hydroxylation is 1. The van der Waals surface area contributed by atoms with Crippen LogP contribution in [0.3, 0.4) is 0 Å². The Hall–Kier alpha value is -1.54. The van der Waals surface area contributed by atoms with E-state index in [4.69, 9.17) is 16.0 Å². The van der Waals surface area contributed by atoms with Gasteiger partial charge in [0.05, 0.1) is 5.02 Å². The summed E-state index contributed by atoms with van der Waals surface area (Å²) in [4.78, 5) is 11.3. The van der Waals surface area contributed by atoms with E-state index >= 15 is 0 Å². The highest BCUT2D eigenvalue weighted by Gasteiger charge is 2.06. The van der Waals surface area contributed by atoms with Gasteiger partial charge < -0.3 is 4.42 Å². The van der Waals surface area contributed by atoms with Crippen molar-refractivity contribution in [3.63, 3.8) is 0 Å². The van der Waals surface area contributed by atoms with Gasteiger partial charge in [-0.3, -0.25) is 4.79 Å². The average Bonchev–Trinajstić information content (AvgIpc) is 2.16. The summed E-state index contributed by atoms with van der Waals surface area (Å²) in [6.07, 6.45) is 0. The van der Waals surface area contributed by atoms with Crippen LogP contribution >= 0.6 is 11.6 Å². The zero-order valence-electron chi connectivity index (χ0n) is 8.16. The molecule has 0 saturated heterocycles. The molecule has 0 N–H and O–H groups in total. The Labute approximate surface area is 92.1 Å². The Balaban J connectivity index is 2.64. The first-order valence-corrected chi connectivity index (χ1v) is 4.91. The van der Waals surface area contributed by atoms with Crippen molar-refractivity contribution < 1.29 is 4.42 Å². The third kappa shape index (κ3) is 2.10. The van der Waals surface area contributed by atoms with Crippen LogP contribution in [0.15, 0.2) is 45.6 Å². The molecule has 15 heavy (non-hydrogen) atoms. The van der Waals surface area contributed by atoms with Gasteiger partial charge in [0.1, 0.15) is 11.5 Å². The topological polar surface area (TPSA) is 30.2 Å². The molecule has 0 radical (unpaired) electrons. The fourth-order valence-electron chi connectivity index (χ4n) is 1.40. The second-order valence-corrected chi connectivity index (χ2v) is 3.66. The lowest BCUT2D eigenvalue weighted by atomic mass is 10.1. The SMILES string of the molecule is Cc1cc(=O)cc(-c2ccccc2Cl)o1. The average molecular weight is 221 g/mol. The van der Waals surface area contributed by atoms with Crippen molar-refractivity contribution >= 4 is 11.6 Å². The lowest BCUT2D eigenvalue weighted by Crippen LogP contribution is -1.98. The Bertz CT molecular complexity index is 543. The van der Waals surface area contributed by atoms with Crippen LogP contribution in [0, 0.1) is 6.92 Å². The van der Waals surface area contributed by atoms with Crippen LogP contribution < -0.4 is 5.43 Å². The summed E-state index contributed by atoms with van der Waals surface area (Å²) in [6, 6.07) is 10.1. The fourth-order valence-corrected chi connectivity index (χ4v) is 1.63. The maximum Gasteiger partial charge on any atom is 0.185 e. The molecule has 0 bridgehead atoms. The van der Waals surface area contributed by atoms with Crippen molar-refractivity contribution in [3.05, 3.63) is 57.4 Å². The molecule has 3 heteroatoms. The van der Waals surface area contributed by atoms with Crippen LogP contribution in [0.1, 0.15) is 5.76 Å². The first kappa shape index (κ1) is 9.99. The molecule has 2 nitrogen and oxygen atoms in total. The number of rotatable bonds is 1. The second-order valence-electron chi connectivity index (χ2n) is 3.25. The van der Waals surface area contributed by atoms with E-state index in [1.165, 1.54) is 12.1 Å². The molecule has 1 aromatic carbocycles. The zero-order chi connectivity index (χ0) is 10.8. The Morgan fingerprint density at radius 3 is 2.60 bits per heavy atom. The van der Waals surface area contributed by atoms with E-state index in [0.717, 1.165) is 5.56 Å². The van der Waals surface area contributed by atoms with Gasteiger partial charge in [-0.15, -0.1) is 0 Å². The van der Waals surface area contributed by atoms with E-state index in [1.54, 1.807) is 13.0 Å². The molecule has 0 atom stereocenters. The molecule has 2 aromatic rings. The highest BCUT2D eigenvalue weighted by Crippen LogP contribution is 2.26. The Morgan fingerprint density at radius 1 is 1.20 bits per heavy atom. The van der Waals surface area contributed by atoms with E-state index in [9.17, 15) is 4.79 Å². The largest absolute Gasteiger partial charge is 0.461 e. The van der Waals surface area contributed by atoms with Gasteiger partial charge >= 0.3 is 0 Å². The maximum atomic E-state index is 11.3. The van der Waals surface area contributed by atoms with Gasteiger partial charge in [-0.2, -0.15) is 0 Å². The highest BCUT2D eigenvalue weighted by atomic mass is 35.5. The Morgan fingerprint density at radius 2 is 1.93 bits per heavy atom. The fraction of sp³-hybridized carbons (Fsp3) is 0.0833. The normalized spacial score (nSPS) is 10.3. The summed E-state index contributed by atoms with van der Waals surface area (Å²) in [7, 11) is 0. The van der Waals surface area contributed by atoms with E-state index in [1.807, 2.05) is 18.2 Å². The molecular formula is C12H9ClO2. The summed E-state index contributed by atoms with van der Waals surface area (Å²) >= 11 is 6.00. The highest BCUT2D eigenvalue weighted by molar-refractivity contribution is 6.33. The summed E-state index contributed by atoms with van der Waals surface area (Å²) in [5.74, 6) is 1.09. The molecule has 1 aromatic heterocycles. The molecule has 0 unspecified atom stereocenters. The van der Waals surface area contributed by atoms with Crippen LogP contribution in [-0.2, 0) is 0 Å². The molecule has 0 fully saturated rings. The lowest BCUT2D eigenvalue weighted by molar-refractivity contribution is 0.530. The number of hydrogen-bond acceptors (Lipinski definition) is 2. The minimum absolute atomic E-state index is 0.0753. The Kier molecular flexibility index (Phi) is 2.60. The smallest absolute Gasteiger partial charge is 0.185 e. The van der Waals surface area contributed by atoms with Gasteiger partial charge in [0.25, 0.3) is 0 Å². The number of hydrogen-bond donors (Lipinski definition) is 0. The van der Waals surface area contributed by atoms with Crippen LogP contribution in [0.2, 0.25) is 5.02 Å². The minimum atomic E-state index is -0.0753. The van der Waals surface area contributed by atoms with E-state index in [2.05, 4.69) is 0 Å². The van der Waals surface area contributed by atoms with Crippen molar-refractivity contribution in [2.75, 3.05) is 0 Å². The number of benzene rings is 1. The molecule has 76 valence electrons. The summed E-state index contributed by atoms with van der Waals surface area (Å²) in [5.41, 5.74) is 0.661. The van der Waals surface area contributed by atoms with E-state index in [-0.39, 0.29) is 5.43 Å². The van der Waals surface area contributed by atoms with Crippen molar-refractivity contribution in [3.8, 4) is 11.3 Å². The van der Waals surface area contributed by atoms with Crippen molar-refractivity contribution in [1.29, 1.82) is 0 Å². The molecule has 2 rings (SSSR count). The lowest BCUT2D eigenvalue weighted by Gasteiger charge is -2.03. The quantitative estimate of drug-likeness (QED) is 0.739. The zero-order valence-corrected chi connectivity index (χ0v) is 8.91. The molecule has 0 saturated carbocycles. The minimum Gasteiger partial charge on any atom is -0.461 e. The number of halogens is 1. The molecule has 1 heterocycles. The van der Waals surface area contributed by atoms with Gasteiger partial charge in [-0.25, -0.2) is 0 Å². The van der Waals surface area contributed by atoms with Crippen molar-refractivity contribution in [1.82, 2.24) is 0 Å². The molecule has 0 amide bonds. The summed E-state index contributed by atoms with van der Waals surface area (Å²) < 4.78 is 5.44. The first-order chi connectivity index (χ1) is 7.16. The van der Waals surface area contributed by atoms with E-state index in [0.29, 0.717) is 16.5 Å². The third-order valence-corrected chi connectivity index (χ3v) is 2.36. The monoisotopic (exact) mass is 220 g/mol. The predicted octanol–water partition coefficient (Wildman–Crippen LogP) is 3.27. The van der Waals surface area contributed by atoms with Crippen molar-refractivity contribution in [2.45, 2.75) is 6.92 Å². The summed E-state index contributed by atoms with van der Waals surface area (Å²) in [6.45, 7) is 1.74. The maximum absolute atomic E-state index is 11.3. The van der Waals surface area contributed by atoms with Crippen molar-refractivity contribution in [2.24, 2.45) is 0 Å². The molecule has 0 aliphatic rings. The van der Waals surface area contributed by atoms with Gasteiger partial charge in [0.2, 0.25) is 0 Å². The summed E-state index contributed by atoms with van der Waals surface area (Å²) in [5, 5.41) is 0.575. The van der Waals surface area contributed by atoms with Crippen LogP contribution in [0.25, 0.3) is 11.3 Å². The standard InChI is InChI=1S/C12H9ClO2/c1-8-6-9(14)7-12(15-8)10-4-2-3-5-11(10)13/h2-7H,1H3. The predicted molar refractivity (Wildman–Crippen MR) is 60.2 cm³/mol. The van der Waals surface area contributed by atoms with Gasteiger partial charge in [0.15, 0.2) is 5.43 Å². The van der Waals surface area contributed by atoms with E-state index < -0.39 is 0 Å². The van der Waals surface area contributed by atoms with Crippen LogP contribution in [0.5, 0.6) is 0 Å². The molecule has 0 aliphatic carbocycles. The molecule has 0 aliphatic heterocycles. The van der Waals surface area contributed by atoms with Gasteiger partial charge in [-0.05, 0) is 19.1 Å². The van der Waals surface area contributed by atoms with Gasteiger partial charge in [0, 0.05) is 17.7 Å². The first-order valence-electron chi connectivity index (χ1n) is 4.53. The molecular weight excluding hydrogens is 212 g/mol. The second kappa shape index (κ2) is 3.91. The van der Waals surface area contributed by atoms with Gasteiger partial charge in [-0.1, -0.05) is 23.7 Å².